The van der Waals surface area contributed by atoms with Crippen molar-refractivity contribution < 1.29 is 13.9 Å². The number of carbonyl (C=O) groups excluding carboxylic acids is 1. The average Bonchev–Trinajstić information content (AvgIpc) is 3.37. The summed E-state index contributed by atoms with van der Waals surface area (Å²) in [5, 5.41) is 0. The van der Waals surface area contributed by atoms with Gasteiger partial charge >= 0.3 is 6.03 Å². The van der Waals surface area contributed by atoms with Crippen LogP contribution in [-0.2, 0) is 6.54 Å². The Bertz CT molecular complexity index is 952. The lowest BCUT2D eigenvalue weighted by atomic mass is 10.0. The number of methoxy groups -OCH3 is 1. The normalized spacial score (nSPS) is 18.9. The number of carbonyl (C=O) groups is 1. The van der Waals surface area contributed by atoms with E-state index in [0.29, 0.717) is 13.0 Å². The molecule has 0 saturated carbocycles. The second-order valence-corrected chi connectivity index (χ2v) is 7.02. The lowest BCUT2D eigenvalue weighted by molar-refractivity contribution is 0.198. The van der Waals surface area contributed by atoms with Gasteiger partial charge in [-0.3, -0.25) is 4.90 Å². The first-order valence-corrected chi connectivity index (χ1v) is 9.65. The first kappa shape index (κ1) is 18.9. The minimum atomic E-state index is -0.243. The maximum Gasteiger partial charge on any atom is 0.325 e. The molecule has 0 radical (unpaired) electrons. The standard InChI is InChI=1S/C24H24N2O3/c1-3-8-21-23(22-11-7-16-29-22)26(19-12-14-20(28-2)15-13-19)24(27)25(21)17-18-9-5-4-6-10-18/h3-7,9-16,21,23H,1,8,17H2,2H3/t21-,23+/m0/s1. The third kappa shape index (κ3) is 3.63. The number of hydrogen-bond acceptors (Lipinski definition) is 3. The second kappa shape index (κ2) is 8.27. The largest absolute Gasteiger partial charge is 0.497 e. The summed E-state index contributed by atoms with van der Waals surface area (Å²) in [7, 11) is 1.63. The van der Waals surface area contributed by atoms with Crippen molar-refractivity contribution in [3.05, 3.63) is 97.0 Å². The Kier molecular flexibility index (Phi) is 5.38. The minimum Gasteiger partial charge on any atom is -0.497 e. The molecular formula is C24H24N2O3. The highest BCUT2D eigenvalue weighted by atomic mass is 16.5. The highest BCUT2D eigenvalue weighted by Crippen LogP contribution is 2.41. The topological polar surface area (TPSA) is 45.9 Å². The van der Waals surface area contributed by atoms with Crippen LogP contribution in [-0.4, -0.2) is 24.1 Å². The smallest absolute Gasteiger partial charge is 0.325 e. The van der Waals surface area contributed by atoms with E-state index in [2.05, 4.69) is 6.58 Å². The zero-order chi connectivity index (χ0) is 20.2. The van der Waals surface area contributed by atoms with Crippen LogP contribution in [0.25, 0.3) is 0 Å². The molecule has 148 valence electrons. The Hall–Kier alpha value is -3.47. The van der Waals surface area contributed by atoms with Gasteiger partial charge in [-0.05, 0) is 48.4 Å². The molecule has 0 bridgehead atoms. The molecule has 0 N–H and O–H groups in total. The maximum atomic E-state index is 13.6. The Morgan fingerprint density at radius 3 is 2.45 bits per heavy atom. The molecular weight excluding hydrogens is 364 g/mol. The Morgan fingerprint density at radius 1 is 1.07 bits per heavy atom. The summed E-state index contributed by atoms with van der Waals surface area (Å²) in [4.78, 5) is 17.3. The van der Waals surface area contributed by atoms with E-state index in [1.807, 2.05) is 82.6 Å². The van der Waals surface area contributed by atoms with Crippen LogP contribution >= 0.6 is 0 Å². The molecule has 2 amide bonds. The zero-order valence-electron chi connectivity index (χ0n) is 16.4. The average molecular weight is 388 g/mol. The van der Waals surface area contributed by atoms with Crippen LogP contribution in [0, 0.1) is 0 Å². The molecule has 2 heterocycles. The van der Waals surface area contributed by atoms with Crippen molar-refractivity contribution in [1.82, 2.24) is 4.90 Å². The van der Waals surface area contributed by atoms with Gasteiger partial charge in [0.1, 0.15) is 17.6 Å². The predicted molar refractivity (Wildman–Crippen MR) is 113 cm³/mol. The molecule has 1 saturated heterocycles. The van der Waals surface area contributed by atoms with Gasteiger partial charge in [-0.1, -0.05) is 36.4 Å². The van der Waals surface area contributed by atoms with Crippen molar-refractivity contribution in [1.29, 1.82) is 0 Å². The molecule has 3 aromatic rings. The fourth-order valence-electron chi connectivity index (χ4n) is 3.92. The van der Waals surface area contributed by atoms with Crippen LogP contribution in [0.2, 0.25) is 0 Å². The van der Waals surface area contributed by atoms with Gasteiger partial charge in [-0.25, -0.2) is 4.79 Å². The molecule has 4 rings (SSSR count). The summed E-state index contributed by atoms with van der Waals surface area (Å²) in [5.41, 5.74) is 1.89. The van der Waals surface area contributed by atoms with Gasteiger partial charge in [0.25, 0.3) is 0 Å². The number of urea groups is 1. The number of rotatable bonds is 7. The predicted octanol–water partition coefficient (Wildman–Crippen LogP) is 5.42. The van der Waals surface area contributed by atoms with Crippen LogP contribution in [0.15, 0.2) is 90.1 Å². The molecule has 29 heavy (non-hydrogen) atoms. The second-order valence-electron chi connectivity index (χ2n) is 7.02. The molecule has 2 aromatic carbocycles. The number of hydrogen-bond donors (Lipinski definition) is 0. The molecule has 5 nitrogen and oxygen atoms in total. The van der Waals surface area contributed by atoms with Gasteiger partial charge in [0.05, 0.1) is 19.4 Å². The number of nitrogens with zero attached hydrogens (tertiary/aromatic N) is 2. The Balaban J connectivity index is 1.76. The van der Waals surface area contributed by atoms with E-state index in [1.165, 1.54) is 0 Å². The lowest BCUT2D eigenvalue weighted by Crippen LogP contribution is -2.34. The van der Waals surface area contributed by atoms with Crippen LogP contribution in [0.3, 0.4) is 0 Å². The third-order valence-corrected chi connectivity index (χ3v) is 5.28. The molecule has 5 heteroatoms. The fraction of sp³-hybridized carbons (Fsp3) is 0.208. The van der Waals surface area contributed by atoms with Crippen molar-refractivity contribution in [2.45, 2.75) is 25.0 Å². The SMILES string of the molecule is C=CC[C@H]1[C@H](c2ccco2)N(c2ccc(OC)cc2)C(=O)N1Cc1ccccc1. The number of ether oxygens (including phenoxy) is 1. The van der Waals surface area contributed by atoms with Gasteiger partial charge in [0, 0.05) is 12.2 Å². The lowest BCUT2D eigenvalue weighted by Gasteiger charge is -2.26. The van der Waals surface area contributed by atoms with Crippen LogP contribution in [0.1, 0.15) is 23.8 Å². The van der Waals surface area contributed by atoms with Crippen LogP contribution < -0.4 is 9.64 Å². The van der Waals surface area contributed by atoms with E-state index in [0.717, 1.165) is 22.8 Å². The van der Waals surface area contributed by atoms with Gasteiger partial charge in [0.15, 0.2) is 0 Å². The molecule has 2 atom stereocenters. The molecule has 1 fully saturated rings. The van der Waals surface area contributed by atoms with Crippen molar-refractivity contribution >= 4 is 11.7 Å². The van der Waals surface area contributed by atoms with Gasteiger partial charge in [-0.15, -0.1) is 6.58 Å². The van der Waals surface area contributed by atoms with Crippen LogP contribution in [0.5, 0.6) is 5.75 Å². The van der Waals surface area contributed by atoms with E-state index in [9.17, 15) is 4.79 Å². The summed E-state index contributed by atoms with van der Waals surface area (Å²) in [6.07, 6.45) is 4.18. The fourth-order valence-corrected chi connectivity index (χ4v) is 3.92. The zero-order valence-corrected chi connectivity index (χ0v) is 16.4. The van der Waals surface area contributed by atoms with Gasteiger partial charge in [0.2, 0.25) is 0 Å². The van der Waals surface area contributed by atoms with Crippen molar-refractivity contribution in [3.8, 4) is 5.75 Å². The van der Waals surface area contributed by atoms with E-state index in [-0.39, 0.29) is 18.1 Å². The molecule has 1 aliphatic heterocycles. The van der Waals surface area contributed by atoms with Crippen molar-refractivity contribution in [2.75, 3.05) is 12.0 Å². The molecule has 0 unspecified atom stereocenters. The van der Waals surface area contributed by atoms with E-state index >= 15 is 0 Å². The maximum absolute atomic E-state index is 13.6. The summed E-state index contributed by atoms with van der Waals surface area (Å²) >= 11 is 0. The number of benzene rings is 2. The minimum absolute atomic E-state index is 0.0488. The van der Waals surface area contributed by atoms with Crippen molar-refractivity contribution in [3.63, 3.8) is 0 Å². The summed E-state index contributed by atoms with van der Waals surface area (Å²) in [6.45, 7) is 4.45. The highest BCUT2D eigenvalue weighted by Gasteiger charge is 2.47. The summed E-state index contributed by atoms with van der Waals surface area (Å²) < 4.78 is 11.0. The quantitative estimate of drug-likeness (QED) is 0.508. The van der Waals surface area contributed by atoms with Gasteiger partial charge < -0.3 is 14.1 Å². The van der Waals surface area contributed by atoms with Crippen molar-refractivity contribution in [2.24, 2.45) is 0 Å². The molecule has 1 aliphatic rings. The van der Waals surface area contributed by atoms with E-state index < -0.39 is 0 Å². The first-order chi connectivity index (χ1) is 14.2. The molecule has 0 spiro atoms. The van der Waals surface area contributed by atoms with Gasteiger partial charge in [-0.2, -0.15) is 0 Å². The summed E-state index contributed by atoms with van der Waals surface area (Å²) in [6, 6.07) is 21.0. The molecule has 1 aromatic heterocycles. The van der Waals surface area contributed by atoms with Crippen LogP contribution in [0.4, 0.5) is 10.5 Å². The molecule has 0 aliphatic carbocycles. The highest BCUT2D eigenvalue weighted by molar-refractivity contribution is 5.95. The number of amides is 2. The first-order valence-electron chi connectivity index (χ1n) is 9.65. The number of furan rings is 1. The monoisotopic (exact) mass is 388 g/mol. The number of anilines is 1. The van der Waals surface area contributed by atoms with E-state index in [1.54, 1.807) is 13.4 Å². The summed E-state index contributed by atoms with van der Waals surface area (Å²) in [5.74, 6) is 1.51. The van der Waals surface area contributed by atoms with E-state index in [4.69, 9.17) is 9.15 Å². The third-order valence-electron chi connectivity index (χ3n) is 5.28. The Labute approximate surface area is 170 Å². The Morgan fingerprint density at radius 2 is 1.83 bits per heavy atom.